The van der Waals surface area contributed by atoms with E-state index in [1.54, 1.807) is 26.1 Å². The first-order valence-electron chi connectivity index (χ1n) is 8.79. The van der Waals surface area contributed by atoms with Gasteiger partial charge in [-0.3, -0.25) is 4.79 Å². The van der Waals surface area contributed by atoms with Crippen LogP contribution in [0.2, 0.25) is 5.02 Å². The minimum Gasteiger partial charge on any atom is -0.266 e. The number of hydrogen-bond acceptors (Lipinski definition) is 3. The number of hydrogen-bond donors (Lipinski definition) is 0. The molecule has 0 fully saturated rings. The van der Waals surface area contributed by atoms with E-state index < -0.39 is 5.56 Å². The smallest absolute Gasteiger partial charge is 0.266 e. The molecule has 3 aromatic carbocycles. The van der Waals surface area contributed by atoms with E-state index in [9.17, 15) is 10.1 Å². The summed E-state index contributed by atoms with van der Waals surface area (Å²) in [4.78, 5) is 12.6. The second kappa shape index (κ2) is 6.95. The fourth-order valence-corrected chi connectivity index (χ4v) is 3.85. The molecule has 28 heavy (non-hydrogen) atoms. The molecule has 0 radical (unpaired) electrons. The highest BCUT2D eigenvalue weighted by Crippen LogP contribution is 2.35. The lowest BCUT2D eigenvalue weighted by Crippen LogP contribution is -2.22. The average Bonchev–Trinajstić information content (AvgIpc) is 2.70. The summed E-state index contributed by atoms with van der Waals surface area (Å²) in [6.45, 7) is 3.55. The fourth-order valence-electron chi connectivity index (χ4n) is 3.52. The van der Waals surface area contributed by atoms with Crippen LogP contribution < -0.4 is 5.56 Å². The van der Waals surface area contributed by atoms with Crippen LogP contribution in [-0.2, 0) is 0 Å². The molecule has 1 aromatic heterocycles. The molecule has 0 aliphatic rings. The molecule has 0 saturated heterocycles. The molecule has 0 atom stereocenters. The van der Waals surface area contributed by atoms with Crippen molar-refractivity contribution in [3.8, 4) is 6.07 Å². The van der Waals surface area contributed by atoms with Crippen LogP contribution in [0.15, 0.2) is 64.5 Å². The van der Waals surface area contributed by atoms with E-state index in [2.05, 4.69) is 5.10 Å². The van der Waals surface area contributed by atoms with Gasteiger partial charge in [-0.2, -0.15) is 10.4 Å². The molecule has 0 N–H and O–H groups in total. The van der Waals surface area contributed by atoms with E-state index in [0.29, 0.717) is 16.3 Å². The zero-order valence-electron chi connectivity index (χ0n) is 15.4. The topological polar surface area (TPSA) is 58.1 Å². The van der Waals surface area contributed by atoms with Crippen LogP contribution in [0.5, 0.6) is 0 Å². The van der Waals surface area contributed by atoms with Crippen molar-refractivity contribution in [2.24, 2.45) is 5.10 Å². The monoisotopic (exact) mass is 385 g/mol. The quantitative estimate of drug-likeness (QED) is 0.352. The van der Waals surface area contributed by atoms with E-state index >= 15 is 0 Å². The second-order valence-corrected chi connectivity index (χ2v) is 7.01. The Morgan fingerprint density at radius 1 is 1.00 bits per heavy atom. The van der Waals surface area contributed by atoms with Gasteiger partial charge in [-0.1, -0.05) is 60.1 Å². The van der Waals surface area contributed by atoms with Gasteiger partial charge in [0, 0.05) is 22.0 Å². The summed E-state index contributed by atoms with van der Waals surface area (Å²) in [6.07, 6.45) is 1.67. The number of pyridine rings is 1. The second-order valence-electron chi connectivity index (χ2n) is 6.64. The summed E-state index contributed by atoms with van der Waals surface area (Å²) in [5, 5.41) is 18.2. The van der Waals surface area contributed by atoms with Crippen molar-refractivity contribution < 1.29 is 0 Å². The first-order chi connectivity index (χ1) is 13.5. The molecule has 0 amide bonds. The van der Waals surface area contributed by atoms with Crippen LogP contribution in [0.1, 0.15) is 22.4 Å². The number of rotatable bonds is 2. The number of aromatic nitrogens is 1. The number of fused-ring (bicyclic) bond motifs is 2. The van der Waals surface area contributed by atoms with Crippen LogP contribution in [-0.4, -0.2) is 10.9 Å². The molecule has 1 heterocycles. The van der Waals surface area contributed by atoms with Gasteiger partial charge in [0.05, 0.1) is 11.2 Å². The van der Waals surface area contributed by atoms with Crippen molar-refractivity contribution in [2.45, 2.75) is 13.8 Å². The van der Waals surface area contributed by atoms with E-state index in [0.717, 1.165) is 27.1 Å². The summed E-state index contributed by atoms with van der Waals surface area (Å²) >= 11 is 6.64. The SMILES string of the molecule is Cc1cc(C)n(/N=C/c2c3ccccc3c(Cl)c3ccccc23)c(=O)c1C#N. The Morgan fingerprint density at radius 3 is 2.07 bits per heavy atom. The molecular formula is C23H16ClN3O. The van der Waals surface area contributed by atoms with E-state index in [-0.39, 0.29) is 5.56 Å². The molecule has 5 heteroatoms. The van der Waals surface area contributed by atoms with Crippen molar-refractivity contribution in [2.75, 3.05) is 0 Å². The van der Waals surface area contributed by atoms with Crippen molar-refractivity contribution in [1.29, 1.82) is 5.26 Å². The lowest BCUT2D eigenvalue weighted by molar-refractivity contribution is 0.787. The molecule has 0 bridgehead atoms. The third kappa shape index (κ3) is 2.77. The molecule has 136 valence electrons. The number of nitrogens with zero attached hydrogens (tertiary/aromatic N) is 3. The Balaban J connectivity index is 2.03. The maximum atomic E-state index is 12.6. The molecule has 4 nitrogen and oxygen atoms in total. The Kier molecular flexibility index (Phi) is 4.46. The highest BCUT2D eigenvalue weighted by molar-refractivity contribution is 6.42. The largest absolute Gasteiger partial charge is 0.289 e. The molecule has 4 aromatic rings. The lowest BCUT2D eigenvalue weighted by Gasteiger charge is -2.11. The Bertz CT molecular complexity index is 1320. The summed E-state index contributed by atoms with van der Waals surface area (Å²) in [5.74, 6) is 0. The zero-order valence-corrected chi connectivity index (χ0v) is 16.2. The number of aryl methyl sites for hydroxylation is 2. The van der Waals surface area contributed by atoms with Gasteiger partial charge in [-0.25, -0.2) is 4.68 Å². The van der Waals surface area contributed by atoms with Gasteiger partial charge in [-0.15, -0.1) is 0 Å². The molecule has 0 saturated carbocycles. The highest BCUT2D eigenvalue weighted by Gasteiger charge is 2.12. The van der Waals surface area contributed by atoms with Crippen LogP contribution >= 0.6 is 11.6 Å². The zero-order chi connectivity index (χ0) is 19.8. The molecule has 0 aliphatic carbocycles. The first-order valence-corrected chi connectivity index (χ1v) is 9.17. The van der Waals surface area contributed by atoms with Gasteiger partial charge in [0.15, 0.2) is 0 Å². The van der Waals surface area contributed by atoms with Gasteiger partial charge in [0.1, 0.15) is 11.6 Å². The van der Waals surface area contributed by atoms with E-state index in [1.165, 1.54) is 4.68 Å². The van der Waals surface area contributed by atoms with E-state index in [1.807, 2.05) is 54.6 Å². The minimum absolute atomic E-state index is 0.105. The van der Waals surface area contributed by atoms with Gasteiger partial charge in [0.25, 0.3) is 5.56 Å². The average molecular weight is 386 g/mol. The molecular weight excluding hydrogens is 370 g/mol. The summed E-state index contributed by atoms with van der Waals surface area (Å²) < 4.78 is 1.27. The van der Waals surface area contributed by atoms with Gasteiger partial charge < -0.3 is 0 Å². The van der Waals surface area contributed by atoms with Crippen molar-refractivity contribution in [1.82, 2.24) is 4.68 Å². The highest BCUT2D eigenvalue weighted by atomic mass is 35.5. The van der Waals surface area contributed by atoms with Crippen LogP contribution in [0.4, 0.5) is 0 Å². The van der Waals surface area contributed by atoms with Crippen LogP contribution in [0.25, 0.3) is 21.5 Å². The molecule has 0 aliphatic heterocycles. The Hall–Kier alpha value is -3.42. The Morgan fingerprint density at radius 2 is 1.54 bits per heavy atom. The van der Waals surface area contributed by atoms with Crippen molar-refractivity contribution in [3.05, 3.63) is 92.4 Å². The summed E-state index contributed by atoms with van der Waals surface area (Å²) in [6, 6.07) is 19.5. The molecule has 4 rings (SSSR count). The Labute approximate surface area is 166 Å². The fraction of sp³-hybridized carbons (Fsp3) is 0.0870. The van der Waals surface area contributed by atoms with Gasteiger partial charge in [-0.05, 0) is 36.2 Å². The maximum Gasteiger partial charge on any atom is 0.289 e. The molecule has 0 unspecified atom stereocenters. The predicted octanol–water partition coefficient (Wildman–Crippen LogP) is 5.18. The summed E-state index contributed by atoms with van der Waals surface area (Å²) in [7, 11) is 0. The number of benzene rings is 3. The van der Waals surface area contributed by atoms with Crippen molar-refractivity contribution in [3.63, 3.8) is 0 Å². The first kappa shape index (κ1) is 18.0. The van der Waals surface area contributed by atoms with Crippen molar-refractivity contribution >= 4 is 39.4 Å². The number of halogens is 1. The standard InChI is InChI=1S/C23H16ClN3O/c1-14-11-15(2)27(23(28)20(14)12-25)26-13-21-16-7-3-5-9-18(16)22(24)19-10-6-4-8-17(19)21/h3-11,13H,1-2H3/b26-13+. The minimum atomic E-state index is -0.418. The normalized spacial score (nSPS) is 11.4. The van der Waals surface area contributed by atoms with Crippen LogP contribution in [0.3, 0.4) is 0 Å². The lowest BCUT2D eigenvalue weighted by atomic mass is 9.97. The maximum absolute atomic E-state index is 12.6. The third-order valence-electron chi connectivity index (χ3n) is 4.88. The number of nitriles is 1. The van der Waals surface area contributed by atoms with Gasteiger partial charge >= 0.3 is 0 Å². The molecule has 0 spiro atoms. The third-order valence-corrected chi connectivity index (χ3v) is 5.29. The van der Waals surface area contributed by atoms with Gasteiger partial charge in [0.2, 0.25) is 0 Å². The van der Waals surface area contributed by atoms with Crippen LogP contribution in [0, 0.1) is 25.2 Å². The summed E-state index contributed by atoms with van der Waals surface area (Å²) in [5.41, 5.74) is 1.88. The predicted molar refractivity (Wildman–Crippen MR) is 114 cm³/mol. The van der Waals surface area contributed by atoms with E-state index in [4.69, 9.17) is 11.6 Å².